The number of aromatic hydroxyl groups is 4. The van der Waals surface area contributed by atoms with Gasteiger partial charge >= 0.3 is 0 Å². The van der Waals surface area contributed by atoms with E-state index in [2.05, 4.69) is 0 Å². The van der Waals surface area contributed by atoms with Crippen LogP contribution in [0.25, 0.3) is 6.08 Å². The Morgan fingerprint density at radius 2 is 1.38 bits per heavy atom. The normalized spacial score (nSPS) is 10.8. The summed E-state index contributed by atoms with van der Waals surface area (Å²) in [5.74, 6) is -2.10. The van der Waals surface area contributed by atoms with Crippen LogP contribution in [0.3, 0.4) is 0 Å². The van der Waals surface area contributed by atoms with Crippen LogP contribution >= 0.6 is 0 Å². The van der Waals surface area contributed by atoms with E-state index in [1.54, 1.807) is 0 Å². The number of benzene rings is 2. The molecule has 126 valence electrons. The Labute approximate surface area is 137 Å². The minimum atomic E-state index is -0.633. The Morgan fingerprint density at radius 1 is 0.875 bits per heavy atom. The Hall–Kier alpha value is -3.35. The largest absolute Gasteiger partial charge is 0.504 e. The average Bonchev–Trinajstić information content (AvgIpc) is 2.57. The van der Waals surface area contributed by atoms with Crippen LogP contribution in [0.15, 0.2) is 30.3 Å². The highest BCUT2D eigenvalue weighted by Gasteiger charge is 2.14. The molecule has 0 aliphatic carbocycles. The molecular formula is C17H16O7. The molecule has 0 atom stereocenters. The van der Waals surface area contributed by atoms with Crippen LogP contribution in [0.2, 0.25) is 0 Å². The quantitative estimate of drug-likeness (QED) is 0.377. The SMILES string of the molecule is COc1cc(C(=O)/C=C/c2cc(O)c(O)c(O)c2)cc(OC)c1O. The summed E-state index contributed by atoms with van der Waals surface area (Å²) in [6.07, 6.45) is 2.56. The van der Waals surface area contributed by atoms with Crippen molar-refractivity contribution in [2.75, 3.05) is 14.2 Å². The van der Waals surface area contributed by atoms with Gasteiger partial charge in [0.25, 0.3) is 0 Å². The van der Waals surface area contributed by atoms with Crippen LogP contribution in [0.1, 0.15) is 15.9 Å². The van der Waals surface area contributed by atoms with E-state index >= 15 is 0 Å². The number of allylic oxidation sites excluding steroid dienone is 1. The molecule has 2 aromatic carbocycles. The molecule has 0 aliphatic heterocycles. The lowest BCUT2D eigenvalue weighted by molar-refractivity contribution is 0.104. The van der Waals surface area contributed by atoms with E-state index in [4.69, 9.17) is 9.47 Å². The first-order chi connectivity index (χ1) is 11.4. The zero-order valence-electron chi connectivity index (χ0n) is 13.0. The fourth-order valence-electron chi connectivity index (χ4n) is 2.03. The lowest BCUT2D eigenvalue weighted by Gasteiger charge is -2.09. The van der Waals surface area contributed by atoms with Gasteiger partial charge in [-0.25, -0.2) is 0 Å². The molecular weight excluding hydrogens is 316 g/mol. The molecule has 0 saturated carbocycles. The van der Waals surface area contributed by atoms with Crippen LogP contribution in [0.4, 0.5) is 0 Å². The first-order valence-corrected chi connectivity index (χ1v) is 6.79. The fourth-order valence-corrected chi connectivity index (χ4v) is 2.03. The second-order valence-electron chi connectivity index (χ2n) is 4.83. The lowest BCUT2D eigenvalue weighted by Crippen LogP contribution is -1.98. The third-order valence-corrected chi connectivity index (χ3v) is 3.28. The zero-order chi connectivity index (χ0) is 17.9. The van der Waals surface area contributed by atoms with Crippen LogP contribution in [-0.4, -0.2) is 40.4 Å². The van der Waals surface area contributed by atoms with Gasteiger partial charge in [0.1, 0.15) is 0 Å². The van der Waals surface area contributed by atoms with E-state index in [-0.39, 0.29) is 22.8 Å². The third kappa shape index (κ3) is 3.35. The first kappa shape index (κ1) is 17.0. The van der Waals surface area contributed by atoms with Crippen molar-refractivity contribution in [3.63, 3.8) is 0 Å². The summed E-state index contributed by atoms with van der Waals surface area (Å²) in [5, 5.41) is 38.0. The number of hydrogen-bond acceptors (Lipinski definition) is 7. The maximum absolute atomic E-state index is 12.2. The van der Waals surface area contributed by atoms with Crippen molar-refractivity contribution < 1.29 is 34.7 Å². The van der Waals surface area contributed by atoms with Crippen molar-refractivity contribution in [2.24, 2.45) is 0 Å². The van der Waals surface area contributed by atoms with E-state index < -0.39 is 23.0 Å². The number of phenolic OH excluding ortho intramolecular Hbond substituents is 4. The second-order valence-corrected chi connectivity index (χ2v) is 4.83. The van der Waals surface area contributed by atoms with Crippen molar-refractivity contribution in [1.82, 2.24) is 0 Å². The van der Waals surface area contributed by atoms with Gasteiger partial charge in [-0.2, -0.15) is 0 Å². The molecule has 0 bridgehead atoms. The van der Waals surface area contributed by atoms with Crippen molar-refractivity contribution in [1.29, 1.82) is 0 Å². The molecule has 0 fully saturated rings. The van der Waals surface area contributed by atoms with Gasteiger partial charge in [-0.15, -0.1) is 0 Å². The Bertz CT molecular complexity index is 761. The third-order valence-electron chi connectivity index (χ3n) is 3.28. The molecule has 0 aliphatic rings. The number of methoxy groups -OCH3 is 2. The van der Waals surface area contributed by atoms with E-state index in [1.807, 2.05) is 0 Å². The summed E-state index contributed by atoms with van der Waals surface area (Å²) >= 11 is 0. The lowest BCUT2D eigenvalue weighted by atomic mass is 10.1. The predicted octanol–water partition coefficient (Wildman–Crippen LogP) is 2.42. The maximum Gasteiger partial charge on any atom is 0.200 e. The number of carbonyl (C=O) groups is 1. The molecule has 0 amide bonds. The molecule has 24 heavy (non-hydrogen) atoms. The van der Waals surface area contributed by atoms with E-state index in [0.717, 1.165) is 0 Å². The molecule has 0 unspecified atom stereocenters. The number of ketones is 1. The summed E-state index contributed by atoms with van der Waals surface area (Å²) < 4.78 is 9.97. The molecule has 2 rings (SSSR count). The molecule has 0 spiro atoms. The van der Waals surface area contributed by atoms with Gasteiger partial charge in [-0.3, -0.25) is 4.79 Å². The van der Waals surface area contributed by atoms with Gasteiger partial charge in [-0.05, 0) is 35.9 Å². The average molecular weight is 332 g/mol. The highest BCUT2D eigenvalue weighted by Crippen LogP contribution is 2.38. The number of phenols is 4. The summed E-state index contributed by atoms with van der Waals surface area (Å²) in [6.45, 7) is 0. The van der Waals surface area contributed by atoms with E-state index in [0.29, 0.717) is 5.56 Å². The standard InChI is InChI=1S/C17H16O7/c1-23-14-7-10(8-15(24-2)17(14)22)11(18)4-3-9-5-12(19)16(21)13(20)6-9/h3-8,19-22H,1-2H3/b4-3+. The van der Waals surface area contributed by atoms with Crippen LogP contribution in [0.5, 0.6) is 34.5 Å². The van der Waals surface area contributed by atoms with Crippen LogP contribution in [-0.2, 0) is 0 Å². The van der Waals surface area contributed by atoms with Crippen molar-refractivity contribution in [3.05, 3.63) is 41.5 Å². The van der Waals surface area contributed by atoms with Gasteiger partial charge < -0.3 is 29.9 Å². The second kappa shape index (κ2) is 6.82. The Morgan fingerprint density at radius 3 is 1.83 bits per heavy atom. The maximum atomic E-state index is 12.2. The highest BCUT2D eigenvalue weighted by molar-refractivity contribution is 6.07. The van der Waals surface area contributed by atoms with Crippen molar-refractivity contribution in [3.8, 4) is 34.5 Å². The van der Waals surface area contributed by atoms with E-state index in [1.165, 1.54) is 50.6 Å². The molecule has 7 nitrogen and oxygen atoms in total. The summed E-state index contributed by atoms with van der Waals surface area (Å²) in [4.78, 5) is 12.2. The van der Waals surface area contributed by atoms with Crippen molar-refractivity contribution in [2.45, 2.75) is 0 Å². The monoisotopic (exact) mass is 332 g/mol. The predicted molar refractivity (Wildman–Crippen MR) is 86.0 cm³/mol. The molecule has 4 N–H and O–H groups in total. The van der Waals surface area contributed by atoms with Gasteiger partial charge in [0.05, 0.1) is 14.2 Å². The fraction of sp³-hybridized carbons (Fsp3) is 0.118. The summed E-state index contributed by atoms with van der Waals surface area (Å²) in [5.41, 5.74) is 0.527. The Balaban J connectivity index is 2.33. The molecule has 0 aromatic heterocycles. The smallest absolute Gasteiger partial charge is 0.200 e. The van der Waals surface area contributed by atoms with Gasteiger partial charge in [0.15, 0.2) is 34.5 Å². The molecule has 0 saturated heterocycles. The van der Waals surface area contributed by atoms with E-state index in [9.17, 15) is 25.2 Å². The van der Waals surface area contributed by atoms with Gasteiger partial charge in [0, 0.05) is 5.56 Å². The van der Waals surface area contributed by atoms with Crippen LogP contribution in [0, 0.1) is 0 Å². The van der Waals surface area contributed by atoms with Crippen LogP contribution < -0.4 is 9.47 Å². The first-order valence-electron chi connectivity index (χ1n) is 6.79. The topological polar surface area (TPSA) is 116 Å². The summed E-state index contributed by atoms with van der Waals surface area (Å²) in [7, 11) is 2.70. The van der Waals surface area contributed by atoms with Gasteiger partial charge in [-0.1, -0.05) is 6.08 Å². The minimum Gasteiger partial charge on any atom is -0.504 e. The number of rotatable bonds is 5. The minimum absolute atomic E-state index is 0.0889. The van der Waals surface area contributed by atoms with Crippen molar-refractivity contribution >= 4 is 11.9 Å². The molecule has 0 radical (unpaired) electrons. The zero-order valence-corrected chi connectivity index (χ0v) is 13.0. The molecule has 7 heteroatoms. The van der Waals surface area contributed by atoms with Gasteiger partial charge in [0.2, 0.25) is 5.75 Å². The number of carbonyl (C=O) groups excluding carboxylic acids is 1. The Kier molecular flexibility index (Phi) is 4.84. The highest BCUT2D eigenvalue weighted by atomic mass is 16.5. The molecule has 2 aromatic rings. The number of ether oxygens (including phenoxy) is 2. The number of hydrogen-bond donors (Lipinski definition) is 4. The molecule has 0 heterocycles. The summed E-state index contributed by atoms with van der Waals surface area (Å²) in [6, 6.07) is 5.10.